The highest BCUT2D eigenvalue weighted by Crippen LogP contribution is 2.48. The first-order valence-electron chi connectivity index (χ1n) is 12.4. The molecule has 0 bridgehead atoms. The molecule has 0 spiro atoms. The summed E-state index contributed by atoms with van der Waals surface area (Å²) in [7, 11) is 0. The Bertz CT molecular complexity index is 1550. The fraction of sp³-hybridized carbons (Fsp3) is 0.0588. The molecular weight excluding hydrogens is 438 g/mol. The van der Waals surface area contributed by atoms with Crippen molar-refractivity contribution in [1.29, 1.82) is 0 Å². The molecule has 5 aromatic carbocycles. The molecule has 2 aliphatic rings. The molecule has 172 valence electrons. The lowest BCUT2D eigenvalue weighted by Gasteiger charge is -2.29. The van der Waals surface area contributed by atoms with Crippen LogP contribution in [0.1, 0.15) is 22.6 Å². The summed E-state index contributed by atoms with van der Waals surface area (Å²) >= 11 is 0. The second-order valence-corrected chi connectivity index (χ2v) is 9.35. The third-order valence-electron chi connectivity index (χ3n) is 7.22. The van der Waals surface area contributed by atoms with E-state index in [1.54, 1.807) is 0 Å². The molecule has 2 heteroatoms. The molecule has 1 aliphatic heterocycles. The average Bonchev–Trinajstić information content (AvgIpc) is 3.34. The van der Waals surface area contributed by atoms with E-state index >= 15 is 0 Å². The van der Waals surface area contributed by atoms with Crippen LogP contribution in [0, 0.1) is 0 Å². The summed E-state index contributed by atoms with van der Waals surface area (Å²) in [6.45, 7) is 0. The molecule has 7 rings (SSSR count). The zero-order chi connectivity index (χ0) is 23.9. The van der Waals surface area contributed by atoms with Crippen LogP contribution in [0.15, 0.2) is 133 Å². The predicted molar refractivity (Wildman–Crippen MR) is 148 cm³/mol. The van der Waals surface area contributed by atoms with Crippen molar-refractivity contribution in [3.8, 4) is 16.9 Å². The van der Waals surface area contributed by atoms with Crippen LogP contribution in [0.2, 0.25) is 0 Å². The van der Waals surface area contributed by atoms with Crippen molar-refractivity contribution >= 4 is 23.1 Å². The first-order valence-corrected chi connectivity index (χ1v) is 12.4. The van der Waals surface area contributed by atoms with Crippen LogP contribution in [0.3, 0.4) is 0 Å². The number of nitrogens with zero attached hydrogens (tertiary/aromatic N) is 1. The number of anilines is 3. The van der Waals surface area contributed by atoms with E-state index in [1.807, 2.05) is 6.07 Å². The Morgan fingerprint density at radius 2 is 1.17 bits per heavy atom. The molecule has 2 unspecified atom stereocenters. The van der Waals surface area contributed by atoms with Crippen molar-refractivity contribution in [2.75, 3.05) is 4.90 Å². The maximum Gasteiger partial charge on any atom is 0.128 e. The van der Waals surface area contributed by atoms with Crippen LogP contribution in [0.5, 0.6) is 5.75 Å². The summed E-state index contributed by atoms with van der Waals surface area (Å²) < 4.78 is 6.29. The number of para-hydroxylation sites is 2. The number of ether oxygens (including phenoxy) is 1. The van der Waals surface area contributed by atoms with Crippen LogP contribution in [-0.2, 0) is 0 Å². The van der Waals surface area contributed by atoms with Gasteiger partial charge in [-0.25, -0.2) is 0 Å². The molecular formula is C34H25NO. The van der Waals surface area contributed by atoms with E-state index in [9.17, 15) is 0 Å². The Balaban J connectivity index is 1.34. The summed E-state index contributed by atoms with van der Waals surface area (Å²) in [5.74, 6) is 1.20. The summed E-state index contributed by atoms with van der Waals surface area (Å²) in [4.78, 5) is 2.34. The second-order valence-electron chi connectivity index (χ2n) is 9.35. The van der Waals surface area contributed by atoms with E-state index in [2.05, 4.69) is 138 Å². The molecule has 0 N–H and O–H groups in total. The molecule has 2 nitrogen and oxygen atoms in total. The van der Waals surface area contributed by atoms with Gasteiger partial charge in [-0.3, -0.25) is 0 Å². The molecule has 0 aromatic heterocycles. The first-order chi connectivity index (χ1) is 17.8. The van der Waals surface area contributed by atoms with Gasteiger partial charge in [-0.15, -0.1) is 0 Å². The Morgan fingerprint density at radius 1 is 0.528 bits per heavy atom. The van der Waals surface area contributed by atoms with Gasteiger partial charge in [-0.05, 0) is 70.8 Å². The molecule has 0 fully saturated rings. The van der Waals surface area contributed by atoms with Crippen molar-refractivity contribution in [2.24, 2.45) is 0 Å². The van der Waals surface area contributed by atoms with Gasteiger partial charge >= 0.3 is 0 Å². The summed E-state index contributed by atoms with van der Waals surface area (Å²) in [6.07, 6.45) is 4.44. The van der Waals surface area contributed by atoms with Crippen LogP contribution in [0.4, 0.5) is 17.1 Å². The van der Waals surface area contributed by atoms with Crippen LogP contribution < -0.4 is 9.64 Å². The van der Waals surface area contributed by atoms with E-state index < -0.39 is 0 Å². The standard InChI is InChI=1S/C34H25NO/c1-3-9-24(10-4-1)25-15-19-28(20-16-25)35(27-11-5-2-6-12-27)29-21-17-26-18-22-33-34(31(26)23-29)30-13-7-8-14-32(30)36-33/h1-23,33-34H. The van der Waals surface area contributed by atoms with E-state index in [0.29, 0.717) is 0 Å². The highest BCUT2D eigenvalue weighted by atomic mass is 16.5. The second kappa shape index (κ2) is 8.58. The quantitative estimate of drug-likeness (QED) is 0.264. The highest BCUT2D eigenvalue weighted by molar-refractivity contribution is 5.80. The van der Waals surface area contributed by atoms with Gasteiger partial charge in [0, 0.05) is 22.6 Å². The number of hydrogen-bond acceptors (Lipinski definition) is 2. The van der Waals surface area contributed by atoms with Crippen molar-refractivity contribution < 1.29 is 4.74 Å². The third kappa shape index (κ3) is 3.50. The average molecular weight is 464 g/mol. The zero-order valence-electron chi connectivity index (χ0n) is 19.8. The van der Waals surface area contributed by atoms with Gasteiger partial charge in [-0.1, -0.05) is 91.0 Å². The minimum Gasteiger partial charge on any atom is -0.485 e. The minimum atomic E-state index is 0.0421. The van der Waals surface area contributed by atoms with Gasteiger partial charge in [0.05, 0.1) is 5.92 Å². The molecule has 0 radical (unpaired) electrons. The monoisotopic (exact) mass is 463 g/mol. The third-order valence-corrected chi connectivity index (χ3v) is 7.22. The van der Waals surface area contributed by atoms with Crippen molar-refractivity contribution in [3.05, 3.63) is 150 Å². The van der Waals surface area contributed by atoms with Crippen LogP contribution in [-0.4, -0.2) is 6.10 Å². The van der Waals surface area contributed by atoms with Crippen LogP contribution >= 0.6 is 0 Å². The lowest BCUT2D eigenvalue weighted by atomic mass is 9.81. The van der Waals surface area contributed by atoms with E-state index in [0.717, 1.165) is 22.8 Å². The van der Waals surface area contributed by atoms with Gasteiger partial charge in [-0.2, -0.15) is 0 Å². The topological polar surface area (TPSA) is 12.5 Å². The SMILES string of the molecule is C1=CC2Oc3ccccc3C2c2cc(N(c3ccccc3)c3ccc(-c4ccccc4)cc3)ccc21. The summed E-state index contributed by atoms with van der Waals surface area (Å²) in [6, 6.07) is 45.2. The zero-order valence-corrected chi connectivity index (χ0v) is 19.8. The number of rotatable bonds is 4. The molecule has 0 amide bonds. The number of fused-ring (bicyclic) bond motifs is 5. The first kappa shape index (κ1) is 20.8. The number of benzene rings is 5. The predicted octanol–water partition coefficient (Wildman–Crippen LogP) is 8.74. The van der Waals surface area contributed by atoms with Gasteiger partial charge in [0.2, 0.25) is 0 Å². The largest absolute Gasteiger partial charge is 0.485 e. The Hall–Kier alpha value is -4.56. The van der Waals surface area contributed by atoms with Gasteiger partial charge in [0.25, 0.3) is 0 Å². The van der Waals surface area contributed by atoms with Crippen molar-refractivity contribution in [3.63, 3.8) is 0 Å². The fourth-order valence-electron chi connectivity index (χ4n) is 5.51. The maximum atomic E-state index is 6.29. The van der Waals surface area contributed by atoms with Crippen molar-refractivity contribution in [2.45, 2.75) is 12.0 Å². The number of hydrogen-bond donors (Lipinski definition) is 0. The maximum absolute atomic E-state index is 6.29. The van der Waals surface area contributed by atoms with Gasteiger partial charge in [0.15, 0.2) is 0 Å². The smallest absolute Gasteiger partial charge is 0.128 e. The van der Waals surface area contributed by atoms with Crippen LogP contribution in [0.25, 0.3) is 17.2 Å². The molecule has 5 aromatic rings. The Morgan fingerprint density at radius 3 is 1.97 bits per heavy atom. The Labute approximate surface area is 211 Å². The van der Waals surface area contributed by atoms with Gasteiger partial charge in [0.1, 0.15) is 11.9 Å². The molecule has 36 heavy (non-hydrogen) atoms. The van der Waals surface area contributed by atoms with E-state index in [-0.39, 0.29) is 12.0 Å². The molecule has 0 saturated heterocycles. The van der Waals surface area contributed by atoms with E-state index in [1.165, 1.54) is 27.8 Å². The summed E-state index contributed by atoms with van der Waals surface area (Å²) in [5.41, 5.74) is 9.68. The molecule has 1 heterocycles. The minimum absolute atomic E-state index is 0.0421. The van der Waals surface area contributed by atoms with E-state index in [4.69, 9.17) is 4.74 Å². The fourth-order valence-corrected chi connectivity index (χ4v) is 5.51. The molecule has 0 saturated carbocycles. The molecule has 2 atom stereocenters. The summed E-state index contributed by atoms with van der Waals surface area (Å²) in [5, 5.41) is 0. The highest BCUT2D eigenvalue weighted by Gasteiger charge is 2.37. The molecule has 1 aliphatic carbocycles. The van der Waals surface area contributed by atoms with Crippen molar-refractivity contribution in [1.82, 2.24) is 0 Å². The lowest BCUT2D eigenvalue weighted by Crippen LogP contribution is -2.21. The normalized spacial score (nSPS) is 17.0. The Kier molecular flexibility index (Phi) is 4.96. The lowest BCUT2D eigenvalue weighted by molar-refractivity contribution is 0.267. The van der Waals surface area contributed by atoms with Gasteiger partial charge < -0.3 is 9.64 Å².